The smallest absolute Gasteiger partial charge is 0.270 e. The molecule has 0 atom stereocenters. The summed E-state index contributed by atoms with van der Waals surface area (Å²) in [5, 5.41) is 0. The molecule has 1 aromatic rings. The highest BCUT2D eigenvalue weighted by Gasteiger charge is 2.19. The van der Waals surface area contributed by atoms with Gasteiger partial charge >= 0.3 is 0 Å². The second kappa shape index (κ2) is 2.96. The van der Waals surface area contributed by atoms with Crippen molar-refractivity contribution in [1.29, 1.82) is 0 Å². The second-order valence-corrected chi connectivity index (χ2v) is 2.03. The van der Waals surface area contributed by atoms with Crippen LogP contribution in [0.3, 0.4) is 0 Å². The predicted molar refractivity (Wildman–Crippen MR) is 33.5 cm³/mol. The van der Waals surface area contributed by atoms with Gasteiger partial charge in [0.15, 0.2) is 0 Å². The molecule has 0 fully saturated rings. The summed E-state index contributed by atoms with van der Waals surface area (Å²) >= 11 is 0. The number of rotatable bonds is 1. The monoisotopic (exact) mass is 180 g/mol. The maximum absolute atomic E-state index is 12.5. The Labute approximate surface area is 65.0 Å². The lowest BCUT2D eigenvalue weighted by Gasteiger charge is -2.03. The van der Waals surface area contributed by atoms with E-state index in [0.29, 0.717) is 0 Å². The summed E-state index contributed by atoms with van der Waals surface area (Å²) in [4.78, 5) is 2.85. The van der Waals surface area contributed by atoms with E-state index >= 15 is 0 Å². The molecule has 0 bridgehead atoms. The largest absolute Gasteiger partial charge is 0.383 e. The van der Waals surface area contributed by atoms with Crippen LogP contribution in [0.5, 0.6) is 0 Å². The molecule has 0 aromatic carbocycles. The molecule has 66 valence electrons. The summed E-state index contributed by atoms with van der Waals surface area (Å²) in [5.41, 5.74) is 3.79. The molecule has 0 unspecified atom stereocenters. The quantitative estimate of drug-likeness (QED) is 0.529. The van der Waals surface area contributed by atoms with Crippen molar-refractivity contribution in [2.75, 3.05) is 5.73 Å². The van der Waals surface area contributed by atoms with E-state index in [0.717, 1.165) is 0 Å². The van der Waals surface area contributed by atoms with Gasteiger partial charge in [-0.05, 0) is 0 Å². The van der Waals surface area contributed by atoms with Crippen molar-refractivity contribution in [3.63, 3.8) is 0 Å². The van der Waals surface area contributed by atoms with Gasteiger partial charge in [-0.15, -0.1) is 0 Å². The van der Waals surface area contributed by atoms with Crippen molar-refractivity contribution in [2.45, 2.75) is 6.43 Å². The third kappa shape index (κ3) is 1.46. The molecule has 1 aromatic heterocycles. The fourth-order valence-electron chi connectivity index (χ4n) is 0.728. The van der Waals surface area contributed by atoms with Gasteiger partial charge in [-0.3, -0.25) is 0 Å². The SMILES string of the molecule is Nc1nc(F)cc(F)c1C(F)F. The first-order chi connectivity index (χ1) is 5.52. The van der Waals surface area contributed by atoms with E-state index in [1.54, 1.807) is 0 Å². The predicted octanol–water partition coefficient (Wildman–Crippen LogP) is 1.88. The zero-order valence-electron chi connectivity index (χ0n) is 5.69. The number of hydrogen-bond acceptors (Lipinski definition) is 2. The molecule has 0 amide bonds. The lowest BCUT2D eigenvalue weighted by molar-refractivity contribution is 0.146. The Kier molecular flexibility index (Phi) is 2.16. The first-order valence-corrected chi connectivity index (χ1v) is 2.92. The topological polar surface area (TPSA) is 38.9 Å². The van der Waals surface area contributed by atoms with Gasteiger partial charge in [-0.2, -0.15) is 4.39 Å². The highest BCUT2D eigenvalue weighted by Crippen LogP contribution is 2.26. The number of aromatic nitrogens is 1. The Hall–Kier alpha value is -1.33. The van der Waals surface area contributed by atoms with Crippen LogP contribution in [-0.2, 0) is 0 Å². The van der Waals surface area contributed by atoms with Crippen LogP contribution in [0.15, 0.2) is 6.07 Å². The van der Waals surface area contributed by atoms with Crippen molar-refractivity contribution >= 4 is 5.82 Å². The van der Waals surface area contributed by atoms with Gasteiger partial charge in [-0.1, -0.05) is 0 Å². The molecule has 0 saturated carbocycles. The molecule has 0 aliphatic heterocycles. The van der Waals surface area contributed by atoms with E-state index in [2.05, 4.69) is 4.98 Å². The summed E-state index contributed by atoms with van der Waals surface area (Å²) in [6, 6.07) is 0.262. The third-order valence-electron chi connectivity index (χ3n) is 1.22. The van der Waals surface area contributed by atoms with Crippen LogP contribution < -0.4 is 5.73 Å². The Balaban J connectivity index is 3.28. The molecule has 0 spiro atoms. The van der Waals surface area contributed by atoms with Crippen molar-refractivity contribution in [3.8, 4) is 0 Å². The molecule has 0 aliphatic carbocycles. The van der Waals surface area contributed by atoms with Crippen molar-refractivity contribution in [2.24, 2.45) is 0 Å². The summed E-state index contributed by atoms with van der Waals surface area (Å²) in [5.74, 6) is -3.41. The van der Waals surface area contributed by atoms with Gasteiger partial charge in [0.1, 0.15) is 11.6 Å². The van der Waals surface area contributed by atoms with Crippen LogP contribution in [0.25, 0.3) is 0 Å². The summed E-state index contributed by atoms with van der Waals surface area (Å²) in [6.07, 6.45) is -3.09. The third-order valence-corrected chi connectivity index (χ3v) is 1.22. The van der Waals surface area contributed by atoms with Crippen LogP contribution in [0.4, 0.5) is 23.4 Å². The zero-order valence-corrected chi connectivity index (χ0v) is 5.69. The van der Waals surface area contributed by atoms with Gasteiger partial charge in [0, 0.05) is 6.07 Å². The fraction of sp³-hybridized carbons (Fsp3) is 0.167. The molecule has 0 saturated heterocycles. The standard InChI is InChI=1S/C6H4F4N2/c7-2-1-3(8)12-6(11)4(2)5(9)10/h1,5H,(H2,11,12). The number of alkyl halides is 2. The Morgan fingerprint density at radius 3 is 2.33 bits per heavy atom. The van der Waals surface area contributed by atoms with E-state index < -0.39 is 29.6 Å². The Morgan fingerprint density at radius 2 is 1.92 bits per heavy atom. The van der Waals surface area contributed by atoms with Gasteiger partial charge < -0.3 is 5.73 Å². The summed E-state index contributed by atoms with van der Waals surface area (Å²) in [7, 11) is 0. The molecule has 2 N–H and O–H groups in total. The molecule has 12 heavy (non-hydrogen) atoms. The first-order valence-electron chi connectivity index (χ1n) is 2.92. The fourth-order valence-corrected chi connectivity index (χ4v) is 0.728. The van der Waals surface area contributed by atoms with Crippen LogP contribution in [-0.4, -0.2) is 4.98 Å². The minimum absolute atomic E-state index is 0.262. The second-order valence-electron chi connectivity index (χ2n) is 2.03. The maximum Gasteiger partial charge on any atom is 0.270 e. The summed E-state index contributed by atoms with van der Waals surface area (Å²) in [6.45, 7) is 0. The minimum atomic E-state index is -3.09. The normalized spacial score (nSPS) is 10.8. The number of halogens is 4. The molecular formula is C6H4F4N2. The molecule has 1 rings (SSSR count). The first kappa shape index (κ1) is 8.76. The van der Waals surface area contributed by atoms with Crippen molar-refractivity contribution in [1.82, 2.24) is 4.98 Å². The molecule has 0 aliphatic rings. The average Bonchev–Trinajstić information content (AvgIpc) is 1.82. The Bertz CT molecular complexity index is 277. The number of anilines is 1. The van der Waals surface area contributed by atoms with E-state index in [1.165, 1.54) is 0 Å². The minimum Gasteiger partial charge on any atom is -0.383 e. The van der Waals surface area contributed by atoms with E-state index in [1.807, 2.05) is 0 Å². The van der Waals surface area contributed by atoms with Crippen LogP contribution in [0.2, 0.25) is 0 Å². The van der Waals surface area contributed by atoms with Crippen molar-refractivity contribution in [3.05, 3.63) is 23.4 Å². The maximum atomic E-state index is 12.5. The average molecular weight is 180 g/mol. The lowest BCUT2D eigenvalue weighted by Crippen LogP contribution is -2.03. The number of nitrogens with zero attached hydrogens (tertiary/aromatic N) is 1. The van der Waals surface area contributed by atoms with Gasteiger partial charge in [-0.25, -0.2) is 18.2 Å². The van der Waals surface area contributed by atoms with Crippen LogP contribution in [0, 0.1) is 11.8 Å². The van der Waals surface area contributed by atoms with E-state index in [9.17, 15) is 17.6 Å². The lowest BCUT2D eigenvalue weighted by atomic mass is 10.2. The number of pyridine rings is 1. The zero-order chi connectivity index (χ0) is 9.30. The number of hydrogen-bond donors (Lipinski definition) is 1. The van der Waals surface area contributed by atoms with Gasteiger partial charge in [0.05, 0.1) is 5.56 Å². The molecule has 1 heterocycles. The number of nitrogens with two attached hydrogens (primary N) is 1. The molecule has 0 radical (unpaired) electrons. The highest BCUT2D eigenvalue weighted by atomic mass is 19.3. The molecule has 2 nitrogen and oxygen atoms in total. The van der Waals surface area contributed by atoms with Crippen LogP contribution >= 0.6 is 0 Å². The summed E-state index contributed by atoms with van der Waals surface area (Å²) < 4.78 is 48.6. The van der Waals surface area contributed by atoms with Gasteiger partial charge in [0.2, 0.25) is 5.95 Å². The number of nitrogen functional groups attached to an aromatic ring is 1. The van der Waals surface area contributed by atoms with E-state index in [-0.39, 0.29) is 6.07 Å². The van der Waals surface area contributed by atoms with Crippen LogP contribution in [0.1, 0.15) is 12.0 Å². The van der Waals surface area contributed by atoms with Crippen molar-refractivity contribution < 1.29 is 17.6 Å². The van der Waals surface area contributed by atoms with Gasteiger partial charge in [0.25, 0.3) is 6.43 Å². The highest BCUT2D eigenvalue weighted by molar-refractivity contribution is 5.40. The van der Waals surface area contributed by atoms with E-state index in [4.69, 9.17) is 5.73 Å². The molecule has 6 heteroatoms. The molecular weight excluding hydrogens is 176 g/mol. The Morgan fingerprint density at radius 1 is 1.33 bits per heavy atom.